The van der Waals surface area contributed by atoms with Crippen LogP contribution in [-0.2, 0) is 12.8 Å². The standard InChI is InChI=1S/C22H28N2.C22H36N2/c1-6-17-13-19(23-18-11-9-8-10-12-18)14-20-15(3)16(4)22(5,7-2)24-21(17)20;1-8-17-12-19(23-16(6)11-15(4)5)13-20-18(9-2)14-22(7,10-3)24-21(17)20/h8-14,23-24H,6-7H2,1-5H3;12-16,23-24H,8-11H2,1-7H3. The third kappa shape index (κ3) is 8.31. The van der Waals surface area contributed by atoms with Gasteiger partial charge in [0.05, 0.1) is 11.1 Å². The first-order valence-electron chi connectivity index (χ1n) is 18.7. The minimum absolute atomic E-state index is 0.0510. The van der Waals surface area contributed by atoms with E-state index in [0.29, 0.717) is 12.0 Å². The molecule has 2 aliphatic rings. The molecule has 48 heavy (non-hydrogen) atoms. The number of benzene rings is 3. The van der Waals surface area contributed by atoms with Crippen molar-refractivity contribution >= 4 is 39.6 Å². The van der Waals surface area contributed by atoms with Crippen molar-refractivity contribution in [2.75, 3.05) is 21.3 Å². The van der Waals surface area contributed by atoms with Gasteiger partial charge in [0, 0.05) is 45.6 Å². The molecule has 5 rings (SSSR count). The van der Waals surface area contributed by atoms with Gasteiger partial charge in [-0.25, -0.2) is 0 Å². The van der Waals surface area contributed by atoms with Crippen molar-refractivity contribution in [2.45, 2.75) is 139 Å². The smallest absolute Gasteiger partial charge is 0.0558 e. The molecular weight excluding hydrogens is 585 g/mol. The fraction of sp³-hybridized carbons (Fsp3) is 0.500. The zero-order valence-electron chi connectivity index (χ0n) is 32.2. The normalized spacial score (nSPS) is 20.4. The molecule has 0 amide bonds. The molecular formula is C44H64N4. The number of hydrogen-bond donors (Lipinski definition) is 4. The fourth-order valence-corrected chi connectivity index (χ4v) is 7.31. The Bertz CT molecular complexity index is 1610. The van der Waals surface area contributed by atoms with Gasteiger partial charge in [-0.05, 0) is 143 Å². The summed E-state index contributed by atoms with van der Waals surface area (Å²) in [4.78, 5) is 0. The van der Waals surface area contributed by atoms with Crippen LogP contribution in [-0.4, -0.2) is 17.1 Å². The Hall–Kier alpha value is -3.66. The second kappa shape index (κ2) is 15.7. The van der Waals surface area contributed by atoms with Crippen molar-refractivity contribution in [1.29, 1.82) is 0 Å². The molecule has 3 atom stereocenters. The summed E-state index contributed by atoms with van der Waals surface area (Å²) in [6.07, 6.45) is 8.98. The van der Waals surface area contributed by atoms with E-state index in [0.717, 1.165) is 43.5 Å². The molecule has 0 saturated carbocycles. The van der Waals surface area contributed by atoms with Crippen molar-refractivity contribution in [3.63, 3.8) is 0 Å². The Labute approximate surface area is 293 Å². The SMILES string of the molecule is CCC1=CC(C)(CC)Nc2c(CC)cc(NC(C)CC(C)C)cc21.CCc1cc(Nc2ccccc2)cc2c1NC(C)(CC)C(C)=C2C. The zero-order valence-corrected chi connectivity index (χ0v) is 32.2. The van der Waals surface area contributed by atoms with Crippen LogP contribution in [0.3, 0.4) is 0 Å². The van der Waals surface area contributed by atoms with E-state index >= 15 is 0 Å². The van der Waals surface area contributed by atoms with Gasteiger partial charge in [0.2, 0.25) is 0 Å². The van der Waals surface area contributed by atoms with Crippen molar-refractivity contribution in [2.24, 2.45) is 5.92 Å². The lowest BCUT2D eigenvalue weighted by Gasteiger charge is -2.40. The van der Waals surface area contributed by atoms with Crippen LogP contribution < -0.4 is 21.3 Å². The van der Waals surface area contributed by atoms with Crippen LogP contribution >= 0.6 is 0 Å². The zero-order chi connectivity index (χ0) is 35.2. The number of nitrogens with one attached hydrogen (secondary N) is 4. The molecule has 0 aromatic heterocycles. The quantitative estimate of drug-likeness (QED) is 0.167. The second-order valence-electron chi connectivity index (χ2n) is 15.0. The lowest BCUT2D eigenvalue weighted by atomic mass is 9.79. The third-order valence-corrected chi connectivity index (χ3v) is 10.8. The maximum Gasteiger partial charge on any atom is 0.0558 e. The molecule has 0 fully saturated rings. The van der Waals surface area contributed by atoms with Crippen molar-refractivity contribution < 1.29 is 0 Å². The third-order valence-electron chi connectivity index (χ3n) is 10.8. The molecule has 2 aliphatic heterocycles. The van der Waals surface area contributed by atoms with Gasteiger partial charge in [-0.2, -0.15) is 0 Å². The topological polar surface area (TPSA) is 48.1 Å². The number of para-hydroxylation sites is 1. The molecule has 0 saturated heterocycles. The van der Waals surface area contributed by atoms with Crippen LogP contribution in [0.15, 0.2) is 66.2 Å². The highest BCUT2D eigenvalue weighted by Gasteiger charge is 2.32. The van der Waals surface area contributed by atoms with Gasteiger partial charge in [-0.1, -0.05) is 72.7 Å². The molecule has 4 nitrogen and oxygen atoms in total. The average Bonchev–Trinajstić information content (AvgIpc) is 3.07. The molecule has 0 spiro atoms. The highest BCUT2D eigenvalue weighted by atomic mass is 15.0. The van der Waals surface area contributed by atoms with E-state index < -0.39 is 0 Å². The van der Waals surface area contributed by atoms with Gasteiger partial charge in [-0.3, -0.25) is 0 Å². The fourth-order valence-electron chi connectivity index (χ4n) is 7.31. The molecule has 0 bridgehead atoms. The minimum Gasteiger partial charge on any atom is -0.383 e. The van der Waals surface area contributed by atoms with E-state index in [9.17, 15) is 0 Å². The summed E-state index contributed by atoms with van der Waals surface area (Å²) in [7, 11) is 0. The van der Waals surface area contributed by atoms with Crippen molar-refractivity contribution in [3.05, 3.63) is 88.5 Å². The van der Waals surface area contributed by atoms with Gasteiger partial charge in [0.1, 0.15) is 0 Å². The van der Waals surface area contributed by atoms with Crippen molar-refractivity contribution in [3.8, 4) is 0 Å². The average molecular weight is 649 g/mol. The Morgan fingerprint density at radius 1 is 0.688 bits per heavy atom. The summed E-state index contributed by atoms with van der Waals surface area (Å²) >= 11 is 0. The summed E-state index contributed by atoms with van der Waals surface area (Å²) in [5, 5.41) is 14.9. The van der Waals surface area contributed by atoms with E-state index in [1.54, 1.807) is 0 Å². The number of fused-ring (bicyclic) bond motifs is 2. The Morgan fingerprint density at radius 3 is 1.85 bits per heavy atom. The van der Waals surface area contributed by atoms with Crippen LogP contribution in [0, 0.1) is 5.92 Å². The van der Waals surface area contributed by atoms with Gasteiger partial charge >= 0.3 is 0 Å². The number of hydrogen-bond acceptors (Lipinski definition) is 4. The molecule has 3 unspecified atom stereocenters. The lowest BCUT2D eigenvalue weighted by Crippen LogP contribution is -2.39. The molecule has 2 heterocycles. The molecule has 3 aromatic carbocycles. The highest BCUT2D eigenvalue weighted by molar-refractivity contribution is 5.87. The van der Waals surface area contributed by atoms with Crippen LogP contribution in [0.4, 0.5) is 28.4 Å². The summed E-state index contributed by atoms with van der Waals surface area (Å²) < 4.78 is 0. The largest absolute Gasteiger partial charge is 0.383 e. The number of anilines is 5. The second-order valence-corrected chi connectivity index (χ2v) is 15.0. The molecule has 0 radical (unpaired) electrons. The van der Waals surface area contributed by atoms with Crippen molar-refractivity contribution in [1.82, 2.24) is 0 Å². The Balaban J connectivity index is 0.000000217. The first-order valence-corrected chi connectivity index (χ1v) is 18.7. The first-order chi connectivity index (χ1) is 22.8. The van der Waals surface area contributed by atoms with Gasteiger partial charge in [0.25, 0.3) is 0 Å². The summed E-state index contributed by atoms with van der Waals surface area (Å²) in [5.41, 5.74) is 16.2. The van der Waals surface area contributed by atoms with Crippen LogP contribution in [0.25, 0.3) is 11.1 Å². The minimum atomic E-state index is 0.0510. The first kappa shape index (κ1) is 37.2. The Morgan fingerprint density at radius 2 is 1.29 bits per heavy atom. The summed E-state index contributed by atoms with van der Waals surface area (Å²) in [5.74, 6) is 0.716. The number of aryl methyl sites for hydroxylation is 2. The summed E-state index contributed by atoms with van der Waals surface area (Å²) in [6.45, 7) is 27.3. The van der Waals surface area contributed by atoms with E-state index in [4.69, 9.17) is 0 Å². The maximum atomic E-state index is 3.83. The molecule has 260 valence electrons. The van der Waals surface area contributed by atoms with Crippen LogP contribution in [0.2, 0.25) is 0 Å². The van der Waals surface area contributed by atoms with Gasteiger partial charge < -0.3 is 21.3 Å². The van der Waals surface area contributed by atoms with E-state index in [2.05, 4.69) is 159 Å². The monoisotopic (exact) mass is 649 g/mol. The maximum absolute atomic E-state index is 3.83. The van der Waals surface area contributed by atoms with E-state index in [1.165, 1.54) is 62.5 Å². The predicted octanol–water partition coefficient (Wildman–Crippen LogP) is 12.9. The molecule has 4 heteroatoms. The molecule has 0 aliphatic carbocycles. The predicted molar refractivity (Wildman–Crippen MR) is 215 cm³/mol. The van der Waals surface area contributed by atoms with E-state index in [-0.39, 0.29) is 11.1 Å². The van der Waals surface area contributed by atoms with Crippen LogP contribution in [0.5, 0.6) is 0 Å². The van der Waals surface area contributed by atoms with Gasteiger partial charge in [0.15, 0.2) is 0 Å². The van der Waals surface area contributed by atoms with E-state index in [1.807, 2.05) is 6.07 Å². The lowest BCUT2D eigenvalue weighted by molar-refractivity contribution is 0.540. The Kier molecular flexibility index (Phi) is 12.2. The van der Waals surface area contributed by atoms with Gasteiger partial charge in [-0.15, -0.1) is 0 Å². The number of rotatable bonds is 11. The molecule has 3 aromatic rings. The summed E-state index contributed by atoms with van der Waals surface area (Å²) in [6, 6.07) is 20.1. The number of allylic oxidation sites excluding steroid dienone is 2. The highest BCUT2D eigenvalue weighted by Crippen LogP contribution is 2.44. The van der Waals surface area contributed by atoms with Crippen LogP contribution in [0.1, 0.15) is 131 Å². The molecule has 4 N–H and O–H groups in total.